The molecule has 3 rings (SSSR count). The first-order valence-corrected chi connectivity index (χ1v) is 8.12. The van der Waals surface area contributed by atoms with Crippen LogP contribution in [0.3, 0.4) is 0 Å². The molecule has 7 heteroatoms. The zero-order chi connectivity index (χ0) is 17.6. The van der Waals surface area contributed by atoms with Gasteiger partial charge in [0.15, 0.2) is 6.61 Å². The van der Waals surface area contributed by atoms with E-state index in [0.29, 0.717) is 10.8 Å². The van der Waals surface area contributed by atoms with E-state index >= 15 is 0 Å². The van der Waals surface area contributed by atoms with Gasteiger partial charge in [0.1, 0.15) is 18.4 Å². The number of hydrogen-bond donors (Lipinski definition) is 1. The van der Waals surface area contributed by atoms with Gasteiger partial charge in [-0.15, -0.1) is 0 Å². The van der Waals surface area contributed by atoms with Crippen molar-refractivity contribution in [3.05, 3.63) is 71.8 Å². The molecule has 0 radical (unpaired) electrons. The largest absolute Gasteiger partial charge is 0.484 e. The van der Waals surface area contributed by atoms with Crippen molar-refractivity contribution in [1.82, 2.24) is 20.1 Å². The van der Waals surface area contributed by atoms with Gasteiger partial charge in [-0.05, 0) is 48.9 Å². The predicted molar refractivity (Wildman–Crippen MR) is 94.9 cm³/mol. The number of amides is 1. The maximum Gasteiger partial charge on any atom is 0.258 e. The van der Waals surface area contributed by atoms with Crippen molar-refractivity contribution in [3.8, 4) is 11.4 Å². The number of nitrogens with one attached hydrogen (secondary N) is 1. The van der Waals surface area contributed by atoms with Crippen molar-refractivity contribution in [1.29, 1.82) is 0 Å². The van der Waals surface area contributed by atoms with Gasteiger partial charge in [0.05, 0.1) is 11.7 Å². The molecular weight excluding hydrogens is 340 g/mol. The molecule has 25 heavy (non-hydrogen) atoms. The van der Waals surface area contributed by atoms with E-state index < -0.39 is 0 Å². The van der Waals surface area contributed by atoms with E-state index in [9.17, 15) is 4.79 Å². The summed E-state index contributed by atoms with van der Waals surface area (Å²) in [4.78, 5) is 16.0. The summed E-state index contributed by atoms with van der Waals surface area (Å²) in [5.41, 5.74) is 1.90. The quantitative estimate of drug-likeness (QED) is 0.736. The number of nitrogens with zero attached hydrogens (tertiary/aromatic N) is 3. The Balaban J connectivity index is 1.53. The van der Waals surface area contributed by atoms with Crippen LogP contribution in [0.4, 0.5) is 0 Å². The summed E-state index contributed by atoms with van der Waals surface area (Å²) in [7, 11) is 0. The Morgan fingerprint density at radius 2 is 1.92 bits per heavy atom. The van der Waals surface area contributed by atoms with Gasteiger partial charge in [-0.2, -0.15) is 5.10 Å². The van der Waals surface area contributed by atoms with Gasteiger partial charge in [0.2, 0.25) is 0 Å². The van der Waals surface area contributed by atoms with Crippen molar-refractivity contribution in [2.24, 2.45) is 0 Å². The monoisotopic (exact) mass is 356 g/mol. The molecular formula is C18H17ClN4O2. The highest BCUT2D eigenvalue weighted by atomic mass is 35.5. The Hall–Kier alpha value is -2.86. The number of carbonyl (C=O) groups excluding carboxylic acids is 1. The van der Waals surface area contributed by atoms with E-state index in [-0.39, 0.29) is 18.6 Å². The van der Waals surface area contributed by atoms with Gasteiger partial charge in [-0.3, -0.25) is 4.79 Å². The summed E-state index contributed by atoms with van der Waals surface area (Å²) >= 11 is 5.81. The molecule has 2 aromatic carbocycles. The first-order chi connectivity index (χ1) is 12.1. The van der Waals surface area contributed by atoms with E-state index in [1.54, 1.807) is 35.3 Å². The highest BCUT2D eigenvalue weighted by molar-refractivity contribution is 6.30. The molecule has 0 fully saturated rings. The van der Waals surface area contributed by atoms with Crippen LogP contribution in [-0.2, 0) is 4.79 Å². The van der Waals surface area contributed by atoms with Crippen molar-refractivity contribution in [2.75, 3.05) is 6.61 Å². The Bertz CT molecular complexity index is 817. The summed E-state index contributed by atoms with van der Waals surface area (Å²) in [5.74, 6) is 0.409. The molecule has 0 saturated carbocycles. The number of hydrogen-bond acceptors (Lipinski definition) is 4. The number of rotatable bonds is 6. The van der Waals surface area contributed by atoms with Crippen molar-refractivity contribution in [2.45, 2.75) is 13.0 Å². The van der Waals surface area contributed by atoms with E-state index in [1.165, 1.54) is 6.33 Å². The second kappa shape index (κ2) is 7.81. The maximum atomic E-state index is 12.0. The fraction of sp³-hybridized carbons (Fsp3) is 0.167. The zero-order valence-electron chi connectivity index (χ0n) is 13.6. The fourth-order valence-electron chi connectivity index (χ4n) is 2.30. The van der Waals surface area contributed by atoms with Crippen LogP contribution in [0.2, 0.25) is 5.02 Å². The second-order valence-electron chi connectivity index (χ2n) is 5.46. The lowest BCUT2D eigenvalue weighted by Crippen LogP contribution is -2.31. The Labute approximate surface area is 150 Å². The van der Waals surface area contributed by atoms with Gasteiger partial charge in [-0.25, -0.2) is 9.67 Å². The fourth-order valence-corrected chi connectivity index (χ4v) is 2.43. The van der Waals surface area contributed by atoms with Crippen LogP contribution in [-0.4, -0.2) is 27.3 Å². The number of ether oxygens (including phenoxy) is 1. The lowest BCUT2D eigenvalue weighted by atomic mass is 10.1. The Morgan fingerprint density at radius 3 is 2.56 bits per heavy atom. The smallest absolute Gasteiger partial charge is 0.258 e. The van der Waals surface area contributed by atoms with E-state index in [1.807, 2.05) is 31.2 Å². The highest BCUT2D eigenvalue weighted by Gasteiger charge is 2.10. The average molecular weight is 357 g/mol. The molecule has 128 valence electrons. The minimum atomic E-state index is -0.192. The van der Waals surface area contributed by atoms with Crippen molar-refractivity contribution < 1.29 is 9.53 Å². The van der Waals surface area contributed by atoms with Gasteiger partial charge in [0, 0.05) is 5.02 Å². The van der Waals surface area contributed by atoms with Gasteiger partial charge in [0.25, 0.3) is 5.91 Å². The van der Waals surface area contributed by atoms with Crippen LogP contribution >= 0.6 is 11.6 Å². The molecule has 0 spiro atoms. The molecule has 0 saturated heterocycles. The molecule has 3 aromatic rings. The minimum absolute atomic E-state index is 0.0526. The van der Waals surface area contributed by atoms with Gasteiger partial charge >= 0.3 is 0 Å². The molecule has 1 aromatic heterocycles. The maximum absolute atomic E-state index is 12.0. The molecule has 0 aliphatic rings. The third-order valence-electron chi connectivity index (χ3n) is 3.64. The van der Waals surface area contributed by atoms with Gasteiger partial charge < -0.3 is 10.1 Å². The molecule has 0 aliphatic heterocycles. The standard InChI is InChI=1S/C18H17ClN4O2/c1-13(14-2-6-16(7-3-14)23-12-20-11-21-23)22-18(24)10-25-17-8-4-15(19)5-9-17/h2-9,11-13H,10H2,1H3,(H,22,24)/t13-/m0/s1. The SMILES string of the molecule is C[C@H](NC(=O)COc1ccc(Cl)cc1)c1ccc(-n2cncn2)cc1. The minimum Gasteiger partial charge on any atom is -0.484 e. The zero-order valence-corrected chi connectivity index (χ0v) is 14.3. The third kappa shape index (κ3) is 4.58. The van der Waals surface area contributed by atoms with Crippen LogP contribution in [0.15, 0.2) is 61.2 Å². The van der Waals surface area contributed by atoms with Crippen LogP contribution in [0.25, 0.3) is 5.69 Å². The van der Waals surface area contributed by atoms with Crippen LogP contribution < -0.4 is 10.1 Å². The van der Waals surface area contributed by atoms with E-state index in [2.05, 4.69) is 15.4 Å². The number of carbonyl (C=O) groups is 1. The number of aromatic nitrogens is 3. The summed E-state index contributed by atoms with van der Waals surface area (Å²) < 4.78 is 7.11. The number of benzene rings is 2. The summed E-state index contributed by atoms with van der Waals surface area (Å²) in [6.45, 7) is 1.87. The molecule has 0 unspecified atom stereocenters. The third-order valence-corrected chi connectivity index (χ3v) is 3.89. The molecule has 6 nitrogen and oxygen atoms in total. The highest BCUT2D eigenvalue weighted by Crippen LogP contribution is 2.17. The van der Waals surface area contributed by atoms with E-state index in [4.69, 9.17) is 16.3 Å². The topological polar surface area (TPSA) is 69.0 Å². The van der Waals surface area contributed by atoms with E-state index in [0.717, 1.165) is 11.3 Å². The summed E-state index contributed by atoms with van der Waals surface area (Å²) in [5, 5.41) is 7.61. The average Bonchev–Trinajstić information content (AvgIpc) is 3.16. The summed E-state index contributed by atoms with van der Waals surface area (Å²) in [6, 6.07) is 14.5. The van der Waals surface area contributed by atoms with Crippen LogP contribution in [0, 0.1) is 0 Å². The first-order valence-electron chi connectivity index (χ1n) is 7.74. The Kier molecular flexibility index (Phi) is 5.30. The molecule has 1 amide bonds. The molecule has 0 aliphatic carbocycles. The van der Waals surface area contributed by atoms with Crippen LogP contribution in [0.5, 0.6) is 5.75 Å². The first kappa shape index (κ1) is 17.0. The van der Waals surface area contributed by atoms with Crippen molar-refractivity contribution in [3.63, 3.8) is 0 Å². The molecule has 1 atom stereocenters. The van der Waals surface area contributed by atoms with Crippen molar-refractivity contribution >= 4 is 17.5 Å². The summed E-state index contributed by atoms with van der Waals surface area (Å²) in [6.07, 6.45) is 3.12. The Morgan fingerprint density at radius 1 is 1.20 bits per heavy atom. The van der Waals surface area contributed by atoms with Crippen LogP contribution in [0.1, 0.15) is 18.5 Å². The molecule has 1 N–H and O–H groups in total. The molecule has 0 bridgehead atoms. The number of halogens is 1. The second-order valence-corrected chi connectivity index (χ2v) is 5.90. The predicted octanol–water partition coefficient (Wildman–Crippen LogP) is 3.18. The lowest BCUT2D eigenvalue weighted by Gasteiger charge is -2.15. The normalized spacial score (nSPS) is 11.8. The van der Waals surface area contributed by atoms with Gasteiger partial charge in [-0.1, -0.05) is 23.7 Å². The lowest BCUT2D eigenvalue weighted by molar-refractivity contribution is -0.123. The molecule has 1 heterocycles.